The van der Waals surface area contributed by atoms with Gasteiger partial charge < -0.3 is 23.7 Å². The summed E-state index contributed by atoms with van der Waals surface area (Å²) in [6, 6.07) is 16.7. The molecule has 0 aliphatic carbocycles. The van der Waals surface area contributed by atoms with Crippen molar-refractivity contribution in [3.63, 3.8) is 0 Å². The molecule has 3 aromatic rings. The number of ether oxygens (including phenoxy) is 3. The highest BCUT2D eigenvalue weighted by Gasteiger charge is 2.71. The number of nitrogens with zero attached hydrogens (tertiary/aromatic N) is 2. The normalized spacial score (nSPS) is 30.3. The molecule has 1 aromatic heterocycles. The van der Waals surface area contributed by atoms with E-state index in [2.05, 4.69) is 52.9 Å². The monoisotopic (exact) mass is 456 g/mol. The highest BCUT2D eigenvalue weighted by Crippen LogP contribution is 2.68. The van der Waals surface area contributed by atoms with Crippen LogP contribution in [0.4, 0.5) is 0 Å². The molecule has 4 aliphatic heterocycles. The average molecular weight is 457 g/mol. The molecule has 1 fully saturated rings. The highest BCUT2D eigenvalue weighted by molar-refractivity contribution is 5.91. The molecule has 0 N–H and O–H groups in total. The second kappa shape index (κ2) is 6.66. The Labute approximate surface area is 198 Å². The first-order valence-electron chi connectivity index (χ1n) is 12.1. The van der Waals surface area contributed by atoms with Gasteiger partial charge >= 0.3 is 5.97 Å². The number of carbonyl (C=O) groups is 1. The summed E-state index contributed by atoms with van der Waals surface area (Å²) in [4.78, 5) is 16.1. The van der Waals surface area contributed by atoms with Crippen LogP contribution in [0.3, 0.4) is 0 Å². The van der Waals surface area contributed by atoms with E-state index in [1.165, 1.54) is 23.8 Å². The SMILES string of the molecule is CC[C@@]12C[C@@]3(C(=O)OC)O[C@@H]1C(c1cccc(OC)c1)=CN1CCc4c(n3c3ccccc43)[C@@H]12. The number of hydrogen-bond donors (Lipinski definition) is 0. The summed E-state index contributed by atoms with van der Waals surface area (Å²) in [5, 5.41) is 1.22. The number of hydrogen-bond acceptors (Lipinski definition) is 5. The molecule has 6 nitrogen and oxygen atoms in total. The van der Waals surface area contributed by atoms with Gasteiger partial charge in [0.2, 0.25) is 5.72 Å². The fourth-order valence-electron chi connectivity index (χ4n) is 7.32. The standard InChI is InChI=1S/C28H28N2O4/c1-4-27-16-28(26(31)33-3)30-22-11-6-5-10-19(22)20-12-13-29(24(27)23(20)30)15-21(25(27)34-28)17-8-7-9-18(14-17)32-2/h5-11,14-15,24-25H,4,12-13,16H2,1-3H3/t24-,25-,27+,28+/m1/s1. The zero-order valence-corrected chi connectivity index (χ0v) is 19.7. The first-order valence-corrected chi connectivity index (χ1v) is 12.1. The van der Waals surface area contributed by atoms with Gasteiger partial charge in [-0.15, -0.1) is 0 Å². The van der Waals surface area contributed by atoms with Gasteiger partial charge in [0.05, 0.1) is 31.9 Å². The van der Waals surface area contributed by atoms with Gasteiger partial charge in [-0.3, -0.25) is 0 Å². The van der Waals surface area contributed by atoms with Crippen LogP contribution >= 0.6 is 0 Å². The van der Waals surface area contributed by atoms with Crippen LogP contribution < -0.4 is 4.74 Å². The molecule has 174 valence electrons. The maximum absolute atomic E-state index is 13.6. The minimum absolute atomic E-state index is 0.160. The van der Waals surface area contributed by atoms with E-state index in [-0.39, 0.29) is 23.5 Å². The summed E-state index contributed by atoms with van der Waals surface area (Å²) < 4.78 is 20.2. The van der Waals surface area contributed by atoms with Crippen molar-refractivity contribution in [1.29, 1.82) is 0 Å². The van der Waals surface area contributed by atoms with Gasteiger partial charge in [0.15, 0.2) is 0 Å². The number of benzene rings is 2. The Kier molecular flexibility index (Phi) is 3.95. The third kappa shape index (κ3) is 2.18. The van der Waals surface area contributed by atoms with Gasteiger partial charge in [0.25, 0.3) is 0 Å². The number of esters is 1. The summed E-state index contributed by atoms with van der Waals surface area (Å²) in [6.45, 7) is 3.18. The summed E-state index contributed by atoms with van der Waals surface area (Å²) in [5.74, 6) is 0.492. The summed E-state index contributed by atoms with van der Waals surface area (Å²) in [5.41, 5.74) is 4.41. The molecule has 0 saturated carbocycles. The molecular weight excluding hydrogens is 428 g/mol. The average Bonchev–Trinajstić information content (AvgIpc) is 3.40. The molecule has 0 unspecified atom stereocenters. The number of aromatic nitrogens is 1. The van der Waals surface area contributed by atoms with E-state index in [1.54, 1.807) is 7.11 Å². The molecule has 6 heteroatoms. The van der Waals surface area contributed by atoms with Crippen LogP contribution in [-0.4, -0.2) is 42.3 Å². The molecule has 4 aliphatic rings. The Morgan fingerprint density at radius 2 is 2.03 bits per heavy atom. The molecule has 0 spiro atoms. The van der Waals surface area contributed by atoms with E-state index < -0.39 is 5.72 Å². The Hall–Kier alpha value is -3.25. The third-order valence-electron chi connectivity index (χ3n) is 8.69. The summed E-state index contributed by atoms with van der Waals surface area (Å²) in [7, 11) is 3.16. The molecule has 2 bridgehead atoms. The van der Waals surface area contributed by atoms with Crippen molar-refractivity contribution in [2.45, 2.75) is 44.1 Å². The lowest BCUT2D eigenvalue weighted by Crippen LogP contribution is -2.54. The van der Waals surface area contributed by atoms with E-state index in [0.717, 1.165) is 41.8 Å². The minimum atomic E-state index is -1.18. The maximum atomic E-state index is 13.6. The molecule has 0 amide bonds. The third-order valence-corrected chi connectivity index (χ3v) is 8.69. The van der Waals surface area contributed by atoms with Crippen LogP contribution in [0.5, 0.6) is 5.75 Å². The largest absolute Gasteiger partial charge is 0.497 e. The van der Waals surface area contributed by atoms with Crippen molar-refractivity contribution in [3.8, 4) is 5.75 Å². The Morgan fingerprint density at radius 3 is 2.82 bits per heavy atom. The van der Waals surface area contributed by atoms with E-state index in [1.807, 2.05) is 18.2 Å². The Bertz CT molecular complexity index is 1390. The van der Waals surface area contributed by atoms with Crippen molar-refractivity contribution in [2.24, 2.45) is 5.41 Å². The zero-order valence-electron chi connectivity index (χ0n) is 19.7. The number of methoxy groups -OCH3 is 2. The van der Waals surface area contributed by atoms with E-state index in [0.29, 0.717) is 6.42 Å². The number of carbonyl (C=O) groups excluding carboxylic acids is 1. The van der Waals surface area contributed by atoms with Crippen LogP contribution in [0.2, 0.25) is 0 Å². The fourth-order valence-corrected chi connectivity index (χ4v) is 7.32. The Morgan fingerprint density at radius 1 is 1.18 bits per heavy atom. The smallest absolute Gasteiger partial charge is 0.360 e. The second-order valence-electron chi connectivity index (χ2n) is 9.96. The van der Waals surface area contributed by atoms with E-state index in [9.17, 15) is 4.79 Å². The number of fused-ring (bicyclic) bond motifs is 5. The van der Waals surface area contributed by atoms with E-state index >= 15 is 0 Å². The number of rotatable bonds is 4. The van der Waals surface area contributed by atoms with Gasteiger partial charge in [-0.1, -0.05) is 37.3 Å². The van der Waals surface area contributed by atoms with Crippen molar-refractivity contribution in [1.82, 2.24) is 9.47 Å². The van der Waals surface area contributed by atoms with Gasteiger partial charge in [0, 0.05) is 41.2 Å². The molecule has 2 aromatic carbocycles. The molecule has 7 rings (SSSR count). The number of para-hydroxylation sites is 1. The van der Waals surface area contributed by atoms with Gasteiger partial charge in [-0.2, -0.15) is 0 Å². The predicted octanol–water partition coefficient (Wildman–Crippen LogP) is 4.63. The first-order chi connectivity index (χ1) is 16.6. The Balaban J connectivity index is 1.55. The van der Waals surface area contributed by atoms with Crippen LogP contribution in [0.25, 0.3) is 16.5 Å². The lowest BCUT2D eigenvalue weighted by atomic mass is 9.62. The molecule has 4 atom stereocenters. The van der Waals surface area contributed by atoms with Crippen LogP contribution in [0.15, 0.2) is 54.7 Å². The van der Waals surface area contributed by atoms with Crippen molar-refractivity contribution < 1.29 is 19.0 Å². The van der Waals surface area contributed by atoms with Crippen molar-refractivity contribution in [2.75, 3.05) is 20.8 Å². The molecule has 1 saturated heterocycles. The van der Waals surface area contributed by atoms with Crippen LogP contribution in [0, 0.1) is 5.41 Å². The first kappa shape index (κ1) is 20.2. The van der Waals surface area contributed by atoms with Gasteiger partial charge in [-0.05, 0) is 42.2 Å². The minimum Gasteiger partial charge on any atom is -0.497 e. The van der Waals surface area contributed by atoms with E-state index in [4.69, 9.17) is 14.2 Å². The van der Waals surface area contributed by atoms with Crippen LogP contribution in [-0.2, 0) is 26.4 Å². The van der Waals surface area contributed by atoms with Crippen LogP contribution in [0.1, 0.15) is 42.6 Å². The summed E-state index contributed by atoms with van der Waals surface area (Å²) >= 11 is 0. The van der Waals surface area contributed by atoms with Gasteiger partial charge in [-0.25, -0.2) is 4.79 Å². The predicted molar refractivity (Wildman–Crippen MR) is 128 cm³/mol. The van der Waals surface area contributed by atoms with Crippen molar-refractivity contribution >= 4 is 22.4 Å². The zero-order chi connectivity index (χ0) is 23.2. The van der Waals surface area contributed by atoms with Crippen molar-refractivity contribution in [3.05, 3.63) is 71.6 Å². The summed E-state index contributed by atoms with van der Waals surface area (Å²) in [6.07, 6.45) is 4.49. The molecule has 34 heavy (non-hydrogen) atoms. The van der Waals surface area contributed by atoms with Gasteiger partial charge in [0.1, 0.15) is 5.75 Å². The quantitative estimate of drug-likeness (QED) is 0.536. The molecular formula is C28H28N2O4. The lowest BCUT2D eigenvalue weighted by molar-refractivity contribution is -0.179. The molecule has 0 radical (unpaired) electrons. The second-order valence-corrected chi connectivity index (χ2v) is 9.96. The topological polar surface area (TPSA) is 52.9 Å². The maximum Gasteiger partial charge on any atom is 0.360 e. The molecule has 5 heterocycles. The highest BCUT2D eigenvalue weighted by atomic mass is 16.6. The lowest BCUT2D eigenvalue weighted by Gasteiger charge is -2.54. The fraction of sp³-hybridized carbons (Fsp3) is 0.393.